The van der Waals surface area contributed by atoms with Crippen molar-refractivity contribution in [2.45, 2.75) is 19.3 Å². The van der Waals surface area contributed by atoms with Gasteiger partial charge >= 0.3 is 0 Å². The Morgan fingerprint density at radius 2 is 1.84 bits per heavy atom. The lowest BCUT2D eigenvalue weighted by Crippen LogP contribution is -2.53. The molecule has 2 N–H and O–H groups in total. The molecule has 1 saturated heterocycles. The molecule has 1 aromatic heterocycles. The second kappa shape index (κ2) is 8.68. The van der Waals surface area contributed by atoms with Crippen molar-refractivity contribution in [3.05, 3.63) is 90.0 Å². The van der Waals surface area contributed by atoms with Crippen LogP contribution in [-0.4, -0.2) is 34.8 Å². The molecule has 31 heavy (non-hydrogen) atoms. The Labute approximate surface area is 180 Å². The van der Waals surface area contributed by atoms with Crippen LogP contribution in [0.5, 0.6) is 0 Å². The van der Waals surface area contributed by atoms with Crippen LogP contribution in [0, 0.1) is 11.2 Å². The Morgan fingerprint density at radius 3 is 2.55 bits per heavy atom. The van der Waals surface area contributed by atoms with E-state index in [0.717, 1.165) is 16.7 Å². The van der Waals surface area contributed by atoms with Crippen molar-refractivity contribution < 1.29 is 14.0 Å². The molecule has 2 amide bonds. The van der Waals surface area contributed by atoms with Gasteiger partial charge in [0.2, 0.25) is 5.91 Å². The van der Waals surface area contributed by atoms with E-state index in [1.807, 2.05) is 30.3 Å². The van der Waals surface area contributed by atoms with E-state index in [2.05, 4.69) is 4.98 Å². The van der Waals surface area contributed by atoms with Crippen LogP contribution in [0.15, 0.2) is 73.1 Å². The number of likely N-dealkylation sites (tertiary alicyclic amines) is 1. The van der Waals surface area contributed by atoms with Gasteiger partial charge in [0.15, 0.2) is 0 Å². The number of aromatic nitrogens is 1. The molecule has 1 aliphatic heterocycles. The standard InChI is InChI=1S/C25H24FN3O2/c26-22-9-2-7-20(14-22)19-6-1-5-18(13-19)15-25(24(27)31)10-4-12-29(17-25)23(30)21-8-3-11-28-16-21/h1-3,5-9,11,13-14,16H,4,10,12,15,17H2,(H2,27,31)/t25-/m0/s1. The van der Waals surface area contributed by atoms with Gasteiger partial charge in [-0.2, -0.15) is 0 Å². The molecule has 1 aliphatic rings. The normalized spacial score (nSPS) is 18.5. The van der Waals surface area contributed by atoms with Gasteiger partial charge in [0.05, 0.1) is 11.0 Å². The third-order valence-electron chi connectivity index (χ3n) is 5.92. The zero-order valence-corrected chi connectivity index (χ0v) is 17.1. The van der Waals surface area contributed by atoms with Gasteiger partial charge in [-0.1, -0.05) is 36.4 Å². The van der Waals surface area contributed by atoms with Crippen LogP contribution in [0.2, 0.25) is 0 Å². The molecular formula is C25H24FN3O2. The minimum absolute atomic E-state index is 0.146. The van der Waals surface area contributed by atoms with Gasteiger partial charge < -0.3 is 10.6 Å². The molecule has 0 radical (unpaired) electrons. The van der Waals surface area contributed by atoms with Gasteiger partial charge in [-0.3, -0.25) is 14.6 Å². The first-order valence-electron chi connectivity index (χ1n) is 10.3. The predicted molar refractivity (Wildman–Crippen MR) is 117 cm³/mol. The fourth-order valence-corrected chi connectivity index (χ4v) is 4.33. The fourth-order valence-electron chi connectivity index (χ4n) is 4.33. The summed E-state index contributed by atoms with van der Waals surface area (Å²) in [7, 11) is 0. The van der Waals surface area contributed by atoms with Gasteiger partial charge in [0.25, 0.3) is 5.91 Å². The Bertz CT molecular complexity index is 1100. The number of primary amides is 1. The predicted octanol–water partition coefficient (Wildman–Crippen LogP) is 3.84. The summed E-state index contributed by atoms with van der Waals surface area (Å²) >= 11 is 0. The number of nitrogens with two attached hydrogens (primary N) is 1. The summed E-state index contributed by atoms with van der Waals surface area (Å²) in [5.74, 6) is -0.854. The molecule has 0 aliphatic carbocycles. The third-order valence-corrected chi connectivity index (χ3v) is 5.92. The summed E-state index contributed by atoms with van der Waals surface area (Å²) in [5.41, 5.74) is 8.10. The van der Waals surface area contributed by atoms with Crippen molar-refractivity contribution in [3.8, 4) is 11.1 Å². The summed E-state index contributed by atoms with van der Waals surface area (Å²) in [5, 5.41) is 0. The van der Waals surface area contributed by atoms with E-state index in [1.54, 1.807) is 29.3 Å². The van der Waals surface area contributed by atoms with Gasteiger partial charge in [0.1, 0.15) is 5.82 Å². The second-order valence-electron chi connectivity index (χ2n) is 8.10. The first kappa shape index (κ1) is 20.7. The van der Waals surface area contributed by atoms with Gasteiger partial charge in [-0.15, -0.1) is 0 Å². The Balaban J connectivity index is 1.60. The molecular weight excluding hydrogens is 393 g/mol. The molecule has 5 nitrogen and oxygen atoms in total. The Morgan fingerprint density at radius 1 is 1.06 bits per heavy atom. The first-order valence-corrected chi connectivity index (χ1v) is 10.3. The van der Waals surface area contributed by atoms with Crippen molar-refractivity contribution in [1.29, 1.82) is 0 Å². The number of benzene rings is 2. The van der Waals surface area contributed by atoms with E-state index < -0.39 is 11.3 Å². The largest absolute Gasteiger partial charge is 0.369 e. The number of pyridine rings is 1. The lowest BCUT2D eigenvalue weighted by atomic mass is 9.74. The molecule has 0 unspecified atom stereocenters. The number of halogens is 1. The maximum absolute atomic E-state index is 13.6. The monoisotopic (exact) mass is 417 g/mol. The van der Waals surface area contributed by atoms with Crippen LogP contribution in [0.1, 0.15) is 28.8 Å². The SMILES string of the molecule is NC(=O)[C@]1(Cc2cccc(-c3cccc(F)c3)c2)CCCN(C(=O)c2cccnc2)C1. The number of hydrogen-bond donors (Lipinski definition) is 1. The van der Waals surface area contributed by atoms with Crippen LogP contribution < -0.4 is 5.73 Å². The zero-order valence-electron chi connectivity index (χ0n) is 17.1. The van der Waals surface area contributed by atoms with Crippen LogP contribution in [0.3, 0.4) is 0 Å². The van der Waals surface area contributed by atoms with Gasteiger partial charge in [-0.05, 0) is 60.2 Å². The second-order valence-corrected chi connectivity index (χ2v) is 8.10. The number of rotatable bonds is 5. The van der Waals surface area contributed by atoms with Crippen molar-refractivity contribution in [1.82, 2.24) is 9.88 Å². The average Bonchev–Trinajstić information content (AvgIpc) is 2.79. The van der Waals surface area contributed by atoms with Crippen LogP contribution in [0.25, 0.3) is 11.1 Å². The smallest absolute Gasteiger partial charge is 0.255 e. The van der Waals surface area contributed by atoms with Crippen molar-refractivity contribution in [2.24, 2.45) is 11.1 Å². The molecule has 1 fully saturated rings. The molecule has 3 aromatic rings. The van der Waals surface area contributed by atoms with Crippen LogP contribution in [-0.2, 0) is 11.2 Å². The Hall–Kier alpha value is -3.54. The maximum atomic E-state index is 13.6. The molecule has 2 heterocycles. The fraction of sp³-hybridized carbons (Fsp3) is 0.240. The number of hydrogen-bond acceptors (Lipinski definition) is 3. The number of piperidine rings is 1. The summed E-state index contributed by atoms with van der Waals surface area (Å²) in [4.78, 5) is 31.3. The number of amides is 2. The van der Waals surface area contributed by atoms with Crippen molar-refractivity contribution >= 4 is 11.8 Å². The van der Waals surface area contributed by atoms with Crippen molar-refractivity contribution in [3.63, 3.8) is 0 Å². The lowest BCUT2D eigenvalue weighted by molar-refractivity contribution is -0.130. The van der Waals surface area contributed by atoms with Gasteiger partial charge in [0, 0.05) is 25.5 Å². The average molecular weight is 417 g/mol. The number of nitrogens with zero attached hydrogens (tertiary/aromatic N) is 2. The molecule has 0 spiro atoms. The molecule has 1 atom stereocenters. The summed E-state index contributed by atoms with van der Waals surface area (Å²) in [6.45, 7) is 0.840. The first-order chi connectivity index (χ1) is 15.0. The zero-order chi connectivity index (χ0) is 21.8. The quantitative estimate of drug-likeness (QED) is 0.685. The van der Waals surface area contributed by atoms with E-state index in [1.165, 1.54) is 18.3 Å². The number of carbonyl (C=O) groups excluding carboxylic acids is 2. The lowest BCUT2D eigenvalue weighted by Gasteiger charge is -2.41. The topological polar surface area (TPSA) is 76.3 Å². The highest BCUT2D eigenvalue weighted by atomic mass is 19.1. The van der Waals surface area contributed by atoms with E-state index in [0.29, 0.717) is 31.4 Å². The molecule has 0 bridgehead atoms. The van der Waals surface area contributed by atoms with Crippen molar-refractivity contribution in [2.75, 3.05) is 13.1 Å². The minimum Gasteiger partial charge on any atom is -0.369 e. The Kier molecular flexibility index (Phi) is 5.80. The van der Waals surface area contributed by atoms with Gasteiger partial charge in [-0.25, -0.2) is 4.39 Å². The molecule has 6 heteroatoms. The summed E-state index contributed by atoms with van der Waals surface area (Å²) < 4.78 is 13.6. The summed E-state index contributed by atoms with van der Waals surface area (Å²) in [6, 6.07) is 17.6. The highest BCUT2D eigenvalue weighted by Gasteiger charge is 2.42. The van der Waals surface area contributed by atoms with E-state index in [4.69, 9.17) is 5.73 Å². The van der Waals surface area contributed by atoms with E-state index >= 15 is 0 Å². The summed E-state index contributed by atoms with van der Waals surface area (Å²) in [6.07, 6.45) is 4.88. The maximum Gasteiger partial charge on any atom is 0.255 e. The highest BCUT2D eigenvalue weighted by Crippen LogP contribution is 2.35. The molecule has 158 valence electrons. The molecule has 2 aromatic carbocycles. The minimum atomic E-state index is -0.851. The molecule has 4 rings (SSSR count). The van der Waals surface area contributed by atoms with Crippen LogP contribution >= 0.6 is 0 Å². The van der Waals surface area contributed by atoms with E-state index in [9.17, 15) is 14.0 Å². The highest BCUT2D eigenvalue weighted by molar-refractivity contribution is 5.94. The van der Waals surface area contributed by atoms with E-state index in [-0.39, 0.29) is 18.3 Å². The molecule has 0 saturated carbocycles. The third kappa shape index (κ3) is 4.48. The number of carbonyl (C=O) groups is 2. The van der Waals surface area contributed by atoms with Crippen LogP contribution in [0.4, 0.5) is 4.39 Å².